The van der Waals surface area contributed by atoms with E-state index in [9.17, 15) is 5.11 Å². The molecule has 4 heterocycles. The number of aromatic nitrogens is 4. The number of rotatable bonds is 6. The number of hydrogen-bond donors (Lipinski definition) is 1. The summed E-state index contributed by atoms with van der Waals surface area (Å²) in [6.45, 7) is 22.4. The molecule has 13 rings (SSSR count). The van der Waals surface area contributed by atoms with Crippen LogP contribution in [0.1, 0.15) is 103 Å². The van der Waals surface area contributed by atoms with Crippen LogP contribution >= 0.6 is 0 Å². The third-order valence-corrected chi connectivity index (χ3v) is 15.6. The maximum atomic E-state index is 12.8. The van der Waals surface area contributed by atoms with Gasteiger partial charge in [0.05, 0.1) is 38.8 Å². The van der Waals surface area contributed by atoms with E-state index in [1.54, 1.807) is 0 Å². The molecule has 1 N–H and O–H groups in total. The van der Waals surface area contributed by atoms with Crippen LogP contribution in [0.25, 0.3) is 121 Å². The van der Waals surface area contributed by atoms with Crippen LogP contribution in [0.2, 0.25) is 0 Å². The molecule has 4 aromatic heterocycles. The van der Waals surface area contributed by atoms with Gasteiger partial charge in [0.2, 0.25) is 0 Å². The number of furan rings is 1. The first-order valence-corrected chi connectivity index (χ1v) is 26.2. The first-order valence-electron chi connectivity index (χ1n) is 26.2. The third-order valence-electron chi connectivity index (χ3n) is 15.6. The highest BCUT2D eigenvalue weighted by Gasteiger charge is 2.31. The predicted octanol–water partition coefficient (Wildman–Crippen LogP) is 18.7. The van der Waals surface area contributed by atoms with Gasteiger partial charge in [-0.05, 0) is 121 Å². The minimum atomic E-state index is -0.344. The summed E-state index contributed by atoms with van der Waals surface area (Å²) in [4.78, 5) is 11.5. The summed E-state index contributed by atoms with van der Waals surface area (Å²) in [6, 6.07) is 58.9. The van der Waals surface area contributed by atoms with Crippen molar-refractivity contribution in [3.8, 4) is 45.1 Å². The van der Waals surface area contributed by atoms with E-state index < -0.39 is 0 Å². The molecule has 0 bridgehead atoms. The van der Waals surface area contributed by atoms with Crippen LogP contribution in [0.5, 0.6) is 5.75 Å². The summed E-state index contributed by atoms with van der Waals surface area (Å²) in [7, 11) is 0. The quantitative estimate of drug-likeness (QED) is 0.169. The largest absolute Gasteiger partial charge is 0.507 e. The minimum Gasteiger partial charge on any atom is -0.507 e. The lowest BCUT2D eigenvalue weighted by Gasteiger charge is -2.28. The molecule has 6 nitrogen and oxygen atoms in total. The van der Waals surface area contributed by atoms with Crippen molar-refractivity contribution < 1.29 is 9.52 Å². The number of para-hydroxylation sites is 3. The number of hydrogen-bond acceptors (Lipinski definition) is 4. The average molecular weight is 965 g/mol. The van der Waals surface area contributed by atoms with E-state index in [0.29, 0.717) is 5.82 Å². The van der Waals surface area contributed by atoms with Crippen molar-refractivity contribution >= 4 is 82.1 Å². The van der Waals surface area contributed by atoms with Crippen molar-refractivity contribution in [3.05, 3.63) is 186 Å². The standard InChI is InChI=1S/C68H60N4O2/c1-38(2)48-32-42(40-20-12-11-13-21-40)33-49(39(3)4)63(48)72-57-29-19-26-47(62(57)70-66(72)53-34-43(67(5,6)7)35-54(64(53)73)68(8,9)10)46-25-18-28-56-61(46)69-65-51-37-59-52(36-50(51)45-24-16-17-27-55(45)71(56)65)60-44-23-15-14-22-41(44)30-31-58(60)74-59/h11-39,73H,1-10H3. The molecular weight excluding hydrogens is 905 g/mol. The Kier molecular flexibility index (Phi) is 10.1. The van der Waals surface area contributed by atoms with Gasteiger partial charge in [-0.25, -0.2) is 9.97 Å². The molecule has 0 aliphatic rings. The highest BCUT2D eigenvalue weighted by molar-refractivity contribution is 6.25. The zero-order chi connectivity index (χ0) is 51.1. The molecule has 0 fully saturated rings. The fraction of sp³-hybridized carbons (Fsp3) is 0.206. The number of aromatic hydroxyl groups is 1. The van der Waals surface area contributed by atoms with Crippen molar-refractivity contribution in [1.82, 2.24) is 18.9 Å². The summed E-state index contributed by atoms with van der Waals surface area (Å²) in [5.74, 6) is 1.29. The molecule has 6 heteroatoms. The Morgan fingerprint density at radius 1 is 0.486 bits per heavy atom. The first kappa shape index (κ1) is 45.6. The van der Waals surface area contributed by atoms with Gasteiger partial charge in [-0.15, -0.1) is 0 Å². The Morgan fingerprint density at radius 2 is 1.12 bits per heavy atom. The summed E-state index contributed by atoms with van der Waals surface area (Å²) in [5, 5.41) is 20.7. The molecule has 0 saturated carbocycles. The molecule has 0 unspecified atom stereocenters. The molecule has 9 aromatic carbocycles. The Hall–Kier alpha value is -8.22. The number of fused-ring (bicyclic) bond motifs is 14. The van der Waals surface area contributed by atoms with Gasteiger partial charge in [-0.2, -0.15) is 0 Å². The minimum absolute atomic E-state index is 0.163. The van der Waals surface area contributed by atoms with E-state index in [2.05, 4.69) is 242 Å². The van der Waals surface area contributed by atoms with Crippen molar-refractivity contribution in [2.24, 2.45) is 0 Å². The second-order valence-corrected chi connectivity index (χ2v) is 23.2. The maximum absolute atomic E-state index is 12.8. The number of phenols is 1. The van der Waals surface area contributed by atoms with Crippen LogP contribution in [-0.2, 0) is 10.8 Å². The lowest BCUT2D eigenvalue weighted by Crippen LogP contribution is -2.17. The van der Waals surface area contributed by atoms with Crippen molar-refractivity contribution in [2.75, 3.05) is 0 Å². The predicted molar refractivity (Wildman–Crippen MR) is 311 cm³/mol. The Morgan fingerprint density at radius 3 is 1.81 bits per heavy atom. The van der Waals surface area contributed by atoms with E-state index in [1.807, 2.05) is 0 Å². The summed E-state index contributed by atoms with van der Waals surface area (Å²) in [6.07, 6.45) is 0. The Balaban J connectivity index is 1.13. The van der Waals surface area contributed by atoms with Crippen molar-refractivity contribution in [3.63, 3.8) is 0 Å². The SMILES string of the molecule is CC(C)c1cc(-c2ccccc2)cc(C(C)C)c1-n1c(-c2cc(C(C)(C)C)cc(C(C)(C)C)c2O)nc2c(-c3cccc4c3nc3c5cc6oc7ccc8ccccc8c7c6cc5c5ccccc5n43)cccc21. The molecule has 0 aliphatic heterocycles. The third kappa shape index (κ3) is 6.91. The van der Waals surface area contributed by atoms with Gasteiger partial charge in [0.1, 0.15) is 28.4 Å². The monoisotopic (exact) mass is 964 g/mol. The van der Waals surface area contributed by atoms with Crippen LogP contribution in [0.3, 0.4) is 0 Å². The van der Waals surface area contributed by atoms with Gasteiger partial charge in [0, 0.05) is 38.2 Å². The molecule has 13 aromatic rings. The van der Waals surface area contributed by atoms with Crippen LogP contribution in [0.4, 0.5) is 0 Å². The number of pyridine rings is 1. The molecule has 0 atom stereocenters. The van der Waals surface area contributed by atoms with Gasteiger partial charge >= 0.3 is 0 Å². The summed E-state index contributed by atoms with van der Waals surface area (Å²) >= 11 is 0. The fourth-order valence-corrected chi connectivity index (χ4v) is 11.8. The fourth-order valence-electron chi connectivity index (χ4n) is 11.8. The number of benzene rings is 9. The topological polar surface area (TPSA) is 68.5 Å². The van der Waals surface area contributed by atoms with Crippen molar-refractivity contribution in [1.29, 1.82) is 0 Å². The Bertz CT molecular complexity index is 4430. The van der Waals surface area contributed by atoms with Crippen LogP contribution in [0.15, 0.2) is 168 Å². The zero-order valence-corrected chi connectivity index (χ0v) is 43.9. The van der Waals surface area contributed by atoms with E-state index in [1.165, 1.54) is 33.0 Å². The highest BCUT2D eigenvalue weighted by atomic mass is 16.3. The van der Waals surface area contributed by atoms with E-state index in [-0.39, 0.29) is 28.4 Å². The normalized spacial score (nSPS) is 12.8. The molecule has 0 amide bonds. The lowest BCUT2D eigenvalue weighted by molar-refractivity contribution is 0.446. The van der Waals surface area contributed by atoms with Gasteiger partial charge in [-0.3, -0.25) is 8.97 Å². The second kappa shape index (κ2) is 16.4. The summed E-state index contributed by atoms with van der Waals surface area (Å²) < 4.78 is 11.4. The highest BCUT2D eigenvalue weighted by Crippen LogP contribution is 2.48. The van der Waals surface area contributed by atoms with E-state index >= 15 is 0 Å². The molecule has 364 valence electrons. The van der Waals surface area contributed by atoms with Gasteiger partial charge in [0.25, 0.3) is 0 Å². The second-order valence-electron chi connectivity index (χ2n) is 23.2. The first-order chi connectivity index (χ1) is 35.5. The number of imidazole rings is 2. The van der Waals surface area contributed by atoms with Crippen LogP contribution in [0, 0.1) is 0 Å². The maximum Gasteiger partial charge on any atom is 0.149 e. The molecule has 0 aliphatic carbocycles. The van der Waals surface area contributed by atoms with Gasteiger partial charge in [0.15, 0.2) is 0 Å². The number of phenolic OH excluding ortho intramolecular Hbond substituents is 1. The molecule has 0 saturated heterocycles. The van der Waals surface area contributed by atoms with E-state index in [4.69, 9.17) is 14.4 Å². The average Bonchev–Trinajstić information content (AvgIpc) is 4.11. The van der Waals surface area contributed by atoms with Crippen molar-refractivity contribution in [2.45, 2.75) is 91.9 Å². The summed E-state index contributed by atoms with van der Waals surface area (Å²) in [5.41, 5.74) is 17.4. The van der Waals surface area contributed by atoms with E-state index in [0.717, 1.165) is 105 Å². The van der Waals surface area contributed by atoms with Gasteiger partial charge in [-0.1, -0.05) is 178 Å². The Labute approximate surface area is 431 Å². The number of nitrogens with zero attached hydrogens (tertiary/aromatic N) is 4. The molecule has 0 radical (unpaired) electrons. The molecule has 74 heavy (non-hydrogen) atoms. The molecular formula is C68H60N4O2. The smallest absolute Gasteiger partial charge is 0.149 e. The van der Waals surface area contributed by atoms with Crippen LogP contribution < -0.4 is 0 Å². The molecule has 0 spiro atoms. The van der Waals surface area contributed by atoms with Crippen LogP contribution in [-0.4, -0.2) is 24.0 Å². The van der Waals surface area contributed by atoms with Gasteiger partial charge < -0.3 is 9.52 Å². The zero-order valence-electron chi connectivity index (χ0n) is 43.9. The lowest BCUT2D eigenvalue weighted by atomic mass is 9.78.